The summed E-state index contributed by atoms with van der Waals surface area (Å²) in [5, 5.41) is 4.06. The Bertz CT molecular complexity index is 665. The molecule has 2 aromatic rings. The van der Waals surface area contributed by atoms with Crippen LogP contribution in [0.25, 0.3) is 10.9 Å². The average molecular weight is 297 g/mol. The van der Waals surface area contributed by atoms with Gasteiger partial charge in [0.05, 0.1) is 11.2 Å². The van der Waals surface area contributed by atoms with Crippen LogP contribution in [0.1, 0.15) is 32.6 Å². The number of hydrogen-bond donors (Lipinski definition) is 1. The van der Waals surface area contributed by atoms with Crippen molar-refractivity contribution in [2.24, 2.45) is 5.92 Å². The van der Waals surface area contributed by atoms with Crippen LogP contribution in [0.2, 0.25) is 0 Å². The Morgan fingerprint density at radius 2 is 2.09 bits per heavy atom. The number of carbonyl (C=O) groups excluding carboxylic acids is 1. The van der Waals surface area contributed by atoms with Gasteiger partial charge in [-0.1, -0.05) is 38.0 Å². The molecule has 1 saturated carbocycles. The number of nitrogens with zero attached hydrogens (tertiary/aromatic N) is 2. The van der Waals surface area contributed by atoms with E-state index in [1.165, 1.54) is 12.8 Å². The third-order valence-electron chi connectivity index (χ3n) is 4.65. The number of anilines is 1. The molecule has 1 N–H and O–H groups in total. The molecule has 1 aliphatic carbocycles. The van der Waals surface area contributed by atoms with Gasteiger partial charge in [0.25, 0.3) is 0 Å². The first-order chi connectivity index (χ1) is 10.6. The Hall–Kier alpha value is -2.10. The van der Waals surface area contributed by atoms with Crippen LogP contribution in [0, 0.1) is 5.92 Å². The smallest absolute Gasteiger partial charge is 0.321 e. The second kappa shape index (κ2) is 6.34. The number of fused-ring (bicyclic) bond motifs is 1. The first-order valence-electron chi connectivity index (χ1n) is 8.02. The summed E-state index contributed by atoms with van der Waals surface area (Å²) in [6.07, 6.45) is 6.43. The minimum absolute atomic E-state index is 0.0442. The van der Waals surface area contributed by atoms with Crippen molar-refractivity contribution in [3.05, 3.63) is 36.5 Å². The molecule has 116 valence electrons. The van der Waals surface area contributed by atoms with Crippen molar-refractivity contribution >= 4 is 22.6 Å². The van der Waals surface area contributed by atoms with Gasteiger partial charge < -0.3 is 10.2 Å². The molecule has 0 spiro atoms. The van der Waals surface area contributed by atoms with Crippen LogP contribution in [-0.2, 0) is 0 Å². The standard InChI is InChI=1S/C18H23N3O/c1-13-6-3-9-15(12-13)21(2)18(22)20-16-10-4-7-14-8-5-11-19-17(14)16/h4-5,7-8,10-11,13,15H,3,6,9,12H2,1-2H3,(H,20,22). The van der Waals surface area contributed by atoms with Gasteiger partial charge in [0.15, 0.2) is 0 Å². The molecular formula is C18H23N3O. The van der Waals surface area contributed by atoms with Crippen molar-refractivity contribution in [3.8, 4) is 0 Å². The van der Waals surface area contributed by atoms with Gasteiger partial charge in [-0.3, -0.25) is 4.98 Å². The van der Waals surface area contributed by atoms with Gasteiger partial charge in [0, 0.05) is 24.7 Å². The van der Waals surface area contributed by atoms with Gasteiger partial charge in [-0.25, -0.2) is 4.79 Å². The first kappa shape index (κ1) is 14.8. The molecule has 0 bridgehead atoms. The second-order valence-corrected chi connectivity index (χ2v) is 6.35. The molecule has 0 saturated heterocycles. The van der Waals surface area contributed by atoms with Crippen molar-refractivity contribution in [2.75, 3.05) is 12.4 Å². The molecule has 2 atom stereocenters. The first-order valence-corrected chi connectivity index (χ1v) is 8.02. The van der Waals surface area contributed by atoms with E-state index in [2.05, 4.69) is 17.2 Å². The van der Waals surface area contributed by atoms with E-state index in [1.807, 2.05) is 42.3 Å². The number of rotatable bonds is 2. The van der Waals surface area contributed by atoms with E-state index in [1.54, 1.807) is 6.20 Å². The zero-order chi connectivity index (χ0) is 15.5. The van der Waals surface area contributed by atoms with Crippen LogP contribution in [0.3, 0.4) is 0 Å². The lowest BCUT2D eigenvalue weighted by molar-refractivity contribution is 0.171. The van der Waals surface area contributed by atoms with E-state index in [4.69, 9.17) is 0 Å². The highest BCUT2D eigenvalue weighted by Gasteiger charge is 2.25. The lowest BCUT2D eigenvalue weighted by Gasteiger charge is -2.34. The normalized spacial score (nSPS) is 21.5. The van der Waals surface area contributed by atoms with E-state index in [9.17, 15) is 4.79 Å². The monoisotopic (exact) mass is 297 g/mol. The third kappa shape index (κ3) is 3.06. The van der Waals surface area contributed by atoms with Crippen molar-refractivity contribution in [1.29, 1.82) is 0 Å². The lowest BCUT2D eigenvalue weighted by atomic mass is 9.86. The van der Waals surface area contributed by atoms with E-state index in [-0.39, 0.29) is 6.03 Å². The van der Waals surface area contributed by atoms with Gasteiger partial charge in [0.2, 0.25) is 0 Å². The second-order valence-electron chi connectivity index (χ2n) is 6.35. The topological polar surface area (TPSA) is 45.2 Å². The SMILES string of the molecule is CC1CCCC(N(C)C(=O)Nc2cccc3cccnc23)C1. The number of aromatic nitrogens is 1. The maximum atomic E-state index is 12.5. The molecular weight excluding hydrogens is 274 g/mol. The lowest BCUT2D eigenvalue weighted by Crippen LogP contribution is -2.42. The Morgan fingerprint density at radius 1 is 1.27 bits per heavy atom. The molecule has 1 heterocycles. The van der Waals surface area contributed by atoms with Crippen molar-refractivity contribution in [2.45, 2.75) is 38.6 Å². The van der Waals surface area contributed by atoms with Gasteiger partial charge in [-0.2, -0.15) is 0 Å². The molecule has 1 aromatic heterocycles. The Kier molecular flexibility index (Phi) is 4.27. The predicted molar refractivity (Wildman–Crippen MR) is 89.9 cm³/mol. The van der Waals surface area contributed by atoms with Crippen LogP contribution >= 0.6 is 0 Å². The summed E-state index contributed by atoms with van der Waals surface area (Å²) in [6, 6.07) is 10.1. The van der Waals surface area contributed by atoms with Crippen molar-refractivity contribution < 1.29 is 4.79 Å². The Labute approximate surface area is 131 Å². The molecule has 0 radical (unpaired) electrons. The number of amides is 2. The number of hydrogen-bond acceptors (Lipinski definition) is 2. The Balaban J connectivity index is 1.75. The van der Waals surface area contributed by atoms with Gasteiger partial charge in [-0.15, -0.1) is 0 Å². The van der Waals surface area contributed by atoms with Crippen LogP contribution in [0.4, 0.5) is 10.5 Å². The van der Waals surface area contributed by atoms with Gasteiger partial charge in [0.1, 0.15) is 0 Å². The molecule has 0 aliphatic heterocycles. The van der Waals surface area contributed by atoms with Crippen LogP contribution in [0.15, 0.2) is 36.5 Å². The number of pyridine rings is 1. The fourth-order valence-corrected chi connectivity index (χ4v) is 3.33. The van der Waals surface area contributed by atoms with E-state index >= 15 is 0 Å². The molecule has 4 nitrogen and oxygen atoms in total. The molecule has 22 heavy (non-hydrogen) atoms. The minimum Gasteiger partial charge on any atom is -0.325 e. The fourth-order valence-electron chi connectivity index (χ4n) is 3.33. The van der Waals surface area contributed by atoms with Gasteiger partial charge in [-0.05, 0) is 30.9 Å². The summed E-state index contributed by atoms with van der Waals surface area (Å²) in [6.45, 7) is 2.27. The summed E-state index contributed by atoms with van der Waals surface area (Å²) in [5.41, 5.74) is 1.61. The quantitative estimate of drug-likeness (QED) is 0.899. The zero-order valence-electron chi connectivity index (χ0n) is 13.2. The van der Waals surface area contributed by atoms with Crippen molar-refractivity contribution in [1.82, 2.24) is 9.88 Å². The highest BCUT2D eigenvalue weighted by Crippen LogP contribution is 2.27. The number of para-hydroxylation sites is 1. The summed E-state index contributed by atoms with van der Waals surface area (Å²) >= 11 is 0. The van der Waals surface area contributed by atoms with E-state index < -0.39 is 0 Å². The summed E-state index contributed by atoms with van der Waals surface area (Å²) in [4.78, 5) is 18.8. The number of carbonyl (C=O) groups is 1. The Morgan fingerprint density at radius 3 is 2.91 bits per heavy atom. The maximum absolute atomic E-state index is 12.5. The number of nitrogens with one attached hydrogen (secondary N) is 1. The molecule has 1 aliphatic rings. The molecule has 4 heteroatoms. The number of urea groups is 1. The van der Waals surface area contributed by atoms with Crippen LogP contribution in [0.5, 0.6) is 0 Å². The maximum Gasteiger partial charge on any atom is 0.321 e. The largest absolute Gasteiger partial charge is 0.325 e. The highest BCUT2D eigenvalue weighted by molar-refractivity contribution is 5.99. The van der Waals surface area contributed by atoms with E-state index in [0.29, 0.717) is 12.0 Å². The van der Waals surface area contributed by atoms with Gasteiger partial charge >= 0.3 is 6.03 Å². The predicted octanol–water partition coefficient (Wildman–Crippen LogP) is 4.28. The van der Waals surface area contributed by atoms with Crippen molar-refractivity contribution in [3.63, 3.8) is 0 Å². The molecule has 3 rings (SSSR count). The molecule has 2 amide bonds. The molecule has 1 fully saturated rings. The average Bonchev–Trinajstić information content (AvgIpc) is 2.54. The summed E-state index contributed by atoms with van der Waals surface area (Å²) in [5.74, 6) is 0.702. The highest BCUT2D eigenvalue weighted by atomic mass is 16.2. The van der Waals surface area contributed by atoms with E-state index in [0.717, 1.165) is 29.4 Å². The molecule has 1 aromatic carbocycles. The summed E-state index contributed by atoms with van der Waals surface area (Å²) < 4.78 is 0. The summed E-state index contributed by atoms with van der Waals surface area (Å²) in [7, 11) is 1.90. The third-order valence-corrected chi connectivity index (χ3v) is 4.65. The van der Waals surface area contributed by atoms with Crippen LogP contribution < -0.4 is 5.32 Å². The zero-order valence-corrected chi connectivity index (χ0v) is 13.2. The fraction of sp³-hybridized carbons (Fsp3) is 0.444. The minimum atomic E-state index is -0.0442. The molecule has 2 unspecified atom stereocenters. The number of benzene rings is 1. The van der Waals surface area contributed by atoms with Crippen LogP contribution in [-0.4, -0.2) is 29.0 Å².